The summed E-state index contributed by atoms with van der Waals surface area (Å²) in [5, 5.41) is 7.97. The highest BCUT2D eigenvalue weighted by molar-refractivity contribution is 6.08. The minimum Gasteiger partial charge on any atom is -0.355 e. The van der Waals surface area contributed by atoms with Crippen molar-refractivity contribution < 1.29 is 18.8 Å². The number of hydrogen-bond acceptors (Lipinski definition) is 7. The van der Waals surface area contributed by atoms with Crippen molar-refractivity contribution in [2.75, 3.05) is 19.4 Å². The van der Waals surface area contributed by atoms with Gasteiger partial charge in [0.15, 0.2) is 5.78 Å². The van der Waals surface area contributed by atoms with Gasteiger partial charge in [-0.25, -0.2) is 9.37 Å². The number of likely N-dealkylation sites (N-methyl/N-ethyl adjacent to an activating group) is 1. The van der Waals surface area contributed by atoms with Crippen LogP contribution in [0.5, 0.6) is 0 Å². The average Bonchev–Trinajstić information content (AvgIpc) is 2.98. The van der Waals surface area contributed by atoms with Gasteiger partial charge in [-0.05, 0) is 62.0 Å². The fraction of sp³-hybridized carbons (Fsp3) is 0.172. The van der Waals surface area contributed by atoms with Crippen LogP contribution in [-0.4, -0.2) is 52.3 Å². The normalized spacial score (nSPS) is 11.5. The lowest BCUT2D eigenvalue weighted by atomic mass is 10.0. The highest BCUT2D eigenvalue weighted by atomic mass is 19.1. The van der Waals surface area contributed by atoms with Crippen molar-refractivity contribution in [3.05, 3.63) is 112 Å². The van der Waals surface area contributed by atoms with Crippen LogP contribution in [0.25, 0.3) is 11.4 Å². The van der Waals surface area contributed by atoms with E-state index in [1.165, 1.54) is 54.5 Å². The first-order valence-electron chi connectivity index (χ1n) is 12.4. The minimum atomic E-state index is -0.560. The van der Waals surface area contributed by atoms with Crippen molar-refractivity contribution in [3.63, 3.8) is 0 Å². The quantitative estimate of drug-likeness (QED) is 0.277. The standard InChI is InChI=1S/C29H27FN6O4/c1-17(31-2)27(38)35-24-15-34-26(20-5-4-6-21(12-20)28(39)32-3)36(29(24)40)16-18-11-22(14-33-13-18)25(37)19-7-9-23(30)10-8-19/h4-15,17,31H,16H2,1-3H3,(H,32,39)(H,35,38). The molecule has 40 heavy (non-hydrogen) atoms. The van der Waals surface area contributed by atoms with Gasteiger partial charge in [-0.3, -0.25) is 28.7 Å². The molecule has 1 unspecified atom stereocenters. The summed E-state index contributed by atoms with van der Waals surface area (Å²) in [4.78, 5) is 60.0. The number of hydrogen-bond donors (Lipinski definition) is 3. The Morgan fingerprint density at radius 2 is 1.70 bits per heavy atom. The van der Waals surface area contributed by atoms with E-state index in [1.807, 2.05) is 0 Å². The van der Waals surface area contributed by atoms with Crippen LogP contribution in [0.15, 0.2) is 78.0 Å². The summed E-state index contributed by atoms with van der Waals surface area (Å²) >= 11 is 0. The van der Waals surface area contributed by atoms with Gasteiger partial charge < -0.3 is 16.0 Å². The molecule has 2 amide bonds. The van der Waals surface area contributed by atoms with Crippen LogP contribution < -0.4 is 21.5 Å². The molecule has 0 saturated heterocycles. The van der Waals surface area contributed by atoms with E-state index < -0.39 is 23.3 Å². The number of rotatable bonds is 9. The maximum Gasteiger partial charge on any atom is 0.277 e. The second-order valence-corrected chi connectivity index (χ2v) is 8.96. The van der Waals surface area contributed by atoms with Crippen LogP contribution in [0, 0.1) is 5.82 Å². The van der Waals surface area contributed by atoms with E-state index in [2.05, 4.69) is 25.9 Å². The Balaban J connectivity index is 1.78. The third kappa shape index (κ3) is 6.16. The Kier molecular flexibility index (Phi) is 8.55. The summed E-state index contributed by atoms with van der Waals surface area (Å²) in [6.07, 6.45) is 4.17. The number of carbonyl (C=O) groups is 3. The molecule has 0 radical (unpaired) electrons. The van der Waals surface area contributed by atoms with Gasteiger partial charge in [0.1, 0.15) is 17.3 Å². The van der Waals surface area contributed by atoms with E-state index in [-0.39, 0.29) is 40.9 Å². The summed E-state index contributed by atoms with van der Waals surface area (Å²) in [5.41, 5.74) is 1.33. The Hall–Kier alpha value is -5.03. The summed E-state index contributed by atoms with van der Waals surface area (Å²) in [6.45, 7) is 1.60. The number of benzene rings is 2. The molecule has 0 aliphatic heterocycles. The lowest BCUT2D eigenvalue weighted by Gasteiger charge is -2.16. The number of nitrogens with zero attached hydrogens (tertiary/aromatic N) is 3. The van der Waals surface area contributed by atoms with Gasteiger partial charge >= 0.3 is 0 Å². The maximum absolute atomic E-state index is 13.6. The molecule has 0 spiro atoms. The van der Waals surface area contributed by atoms with E-state index in [9.17, 15) is 23.6 Å². The number of halogens is 1. The van der Waals surface area contributed by atoms with E-state index in [4.69, 9.17) is 0 Å². The number of aromatic nitrogens is 3. The highest BCUT2D eigenvalue weighted by Crippen LogP contribution is 2.20. The van der Waals surface area contributed by atoms with E-state index in [0.29, 0.717) is 16.7 Å². The Labute approximate surface area is 229 Å². The second kappa shape index (κ2) is 12.2. The predicted octanol–water partition coefficient (Wildman–Crippen LogP) is 2.63. The molecule has 2 aromatic carbocycles. The van der Waals surface area contributed by atoms with Gasteiger partial charge in [0.2, 0.25) is 5.91 Å². The van der Waals surface area contributed by atoms with Gasteiger partial charge in [0.25, 0.3) is 11.5 Å². The van der Waals surface area contributed by atoms with Gasteiger partial charge in [-0.15, -0.1) is 0 Å². The Morgan fingerprint density at radius 1 is 0.950 bits per heavy atom. The molecule has 1 atom stereocenters. The molecule has 3 N–H and O–H groups in total. The molecular weight excluding hydrogens is 515 g/mol. The molecule has 4 aromatic rings. The average molecular weight is 543 g/mol. The van der Waals surface area contributed by atoms with Crippen LogP contribution in [0.1, 0.15) is 38.8 Å². The van der Waals surface area contributed by atoms with Gasteiger partial charge in [-0.1, -0.05) is 12.1 Å². The molecule has 0 saturated carbocycles. The third-order valence-corrected chi connectivity index (χ3v) is 6.25. The first-order valence-corrected chi connectivity index (χ1v) is 12.4. The second-order valence-electron chi connectivity index (χ2n) is 8.96. The van der Waals surface area contributed by atoms with Crippen molar-refractivity contribution in [1.29, 1.82) is 0 Å². The zero-order valence-corrected chi connectivity index (χ0v) is 22.1. The van der Waals surface area contributed by atoms with Crippen LogP contribution in [0.4, 0.5) is 10.1 Å². The number of anilines is 1. The lowest BCUT2D eigenvalue weighted by molar-refractivity contribution is -0.117. The summed E-state index contributed by atoms with van der Waals surface area (Å²) in [6, 6.07) is 12.8. The van der Waals surface area contributed by atoms with Crippen LogP contribution in [0.3, 0.4) is 0 Å². The molecule has 0 fully saturated rings. The van der Waals surface area contributed by atoms with Crippen LogP contribution in [-0.2, 0) is 11.3 Å². The van der Waals surface area contributed by atoms with E-state index in [0.717, 1.165) is 0 Å². The minimum absolute atomic E-state index is 0.0372. The molecule has 204 valence electrons. The lowest BCUT2D eigenvalue weighted by Crippen LogP contribution is -2.38. The summed E-state index contributed by atoms with van der Waals surface area (Å²) in [7, 11) is 3.14. The Bertz CT molecular complexity index is 1630. The topological polar surface area (TPSA) is 135 Å². The third-order valence-electron chi connectivity index (χ3n) is 6.25. The molecule has 11 heteroatoms. The van der Waals surface area contributed by atoms with Crippen molar-refractivity contribution in [3.8, 4) is 11.4 Å². The number of carbonyl (C=O) groups excluding carboxylic acids is 3. The summed E-state index contributed by atoms with van der Waals surface area (Å²) < 4.78 is 14.7. The fourth-order valence-electron chi connectivity index (χ4n) is 3.92. The number of nitrogens with one attached hydrogen (secondary N) is 3. The zero-order chi connectivity index (χ0) is 28.8. The molecule has 0 aliphatic rings. The largest absolute Gasteiger partial charge is 0.355 e. The maximum atomic E-state index is 13.6. The van der Waals surface area contributed by atoms with Crippen molar-refractivity contribution in [1.82, 2.24) is 25.2 Å². The number of ketones is 1. The van der Waals surface area contributed by atoms with E-state index in [1.54, 1.807) is 44.3 Å². The first kappa shape index (κ1) is 28.0. The fourth-order valence-corrected chi connectivity index (χ4v) is 3.92. The monoisotopic (exact) mass is 542 g/mol. The highest BCUT2D eigenvalue weighted by Gasteiger charge is 2.19. The molecule has 0 aliphatic carbocycles. The van der Waals surface area contributed by atoms with Crippen molar-refractivity contribution >= 4 is 23.3 Å². The van der Waals surface area contributed by atoms with Gasteiger partial charge in [0, 0.05) is 41.7 Å². The van der Waals surface area contributed by atoms with Crippen molar-refractivity contribution in [2.24, 2.45) is 0 Å². The Morgan fingerprint density at radius 3 is 2.40 bits per heavy atom. The molecule has 10 nitrogen and oxygen atoms in total. The van der Waals surface area contributed by atoms with E-state index >= 15 is 0 Å². The smallest absolute Gasteiger partial charge is 0.277 e. The zero-order valence-electron chi connectivity index (χ0n) is 22.1. The van der Waals surface area contributed by atoms with Crippen molar-refractivity contribution in [2.45, 2.75) is 19.5 Å². The number of amides is 2. The van der Waals surface area contributed by atoms with Crippen LogP contribution >= 0.6 is 0 Å². The predicted molar refractivity (Wildman–Crippen MR) is 148 cm³/mol. The molecule has 4 rings (SSSR count). The molecular formula is C29H27FN6O4. The number of pyridine rings is 1. The van der Waals surface area contributed by atoms with Gasteiger partial charge in [-0.2, -0.15) is 0 Å². The van der Waals surface area contributed by atoms with Crippen LogP contribution in [0.2, 0.25) is 0 Å². The first-order chi connectivity index (χ1) is 19.2. The summed E-state index contributed by atoms with van der Waals surface area (Å²) in [5.74, 6) is -1.31. The van der Waals surface area contributed by atoms with Gasteiger partial charge in [0.05, 0.1) is 18.8 Å². The SMILES string of the molecule is CNC(=O)c1cccc(-c2ncc(NC(=O)C(C)NC)c(=O)n2Cc2cncc(C(=O)c3ccc(F)cc3)c2)c1. The molecule has 0 bridgehead atoms. The molecule has 2 heterocycles. The molecule has 2 aromatic heterocycles.